The number of sulfone groups is 1. The molecule has 0 spiro atoms. The second kappa shape index (κ2) is 6.55. The lowest BCUT2D eigenvalue weighted by Gasteiger charge is -2.05. The van der Waals surface area contributed by atoms with Crippen LogP contribution in [0.15, 0.2) is 21.5 Å². The Morgan fingerprint density at radius 1 is 1.44 bits per heavy atom. The first-order valence-electron chi connectivity index (χ1n) is 5.54. The zero-order valence-corrected chi connectivity index (χ0v) is 10.9. The SMILES string of the molecule is CCS(=O)(=O)CCCOc1coc(CO)cc1=O. The molecule has 0 fully saturated rings. The third-order valence-electron chi connectivity index (χ3n) is 2.31. The number of ether oxygens (including phenoxy) is 1. The van der Waals surface area contributed by atoms with Gasteiger partial charge in [0.1, 0.15) is 28.5 Å². The van der Waals surface area contributed by atoms with Crippen LogP contribution in [0.3, 0.4) is 0 Å². The Balaban J connectivity index is 2.48. The van der Waals surface area contributed by atoms with Gasteiger partial charge in [0.2, 0.25) is 11.2 Å². The molecule has 1 aromatic rings. The van der Waals surface area contributed by atoms with Gasteiger partial charge in [-0.2, -0.15) is 0 Å². The van der Waals surface area contributed by atoms with Crippen LogP contribution in [0.25, 0.3) is 0 Å². The maximum atomic E-state index is 11.4. The molecule has 0 aliphatic rings. The van der Waals surface area contributed by atoms with Crippen molar-refractivity contribution in [2.24, 2.45) is 0 Å². The zero-order chi connectivity index (χ0) is 13.6. The highest BCUT2D eigenvalue weighted by Gasteiger charge is 2.08. The molecular weight excluding hydrogens is 260 g/mol. The van der Waals surface area contributed by atoms with Gasteiger partial charge in [-0.25, -0.2) is 8.42 Å². The smallest absolute Gasteiger partial charge is 0.227 e. The Bertz CT molecular complexity index is 531. The summed E-state index contributed by atoms with van der Waals surface area (Å²) in [7, 11) is -3.01. The molecule has 1 heterocycles. The molecular formula is C11H16O6S. The van der Waals surface area contributed by atoms with E-state index in [-0.39, 0.29) is 36.2 Å². The molecule has 6 nitrogen and oxygen atoms in total. The van der Waals surface area contributed by atoms with Crippen LogP contribution in [0.5, 0.6) is 5.75 Å². The Morgan fingerprint density at radius 3 is 2.72 bits per heavy atom. The second-order valence-electron chi connectivity index (χ2n) is 3.67. The van der Waals surface area contributed by atoms with Crippen LogP contribution < -0.4 is 10.2 Å². The van der Waals surface area contributed by atoms with E-state index < -0.39 is 15.3 Å². The van der Waals surface area contributed by atoms with E-state index in [1.807, 2.05) is 0 Å². The van der Waals surface area contributed by atoms with E-state index in [1.165, 1.54) is 0 Å². The van der Waals surface area contributed by atoms with E-state index in [9.17, 15) is 13.2 Å². The van der Waals surface area contributed by atoms with Crippen molar-refractivity contribution in [1.82, 2.24) is 0 Å². The molecule has 0 aliphatic carbocycles. The molecule has 0 saturated heterocycles. The highest BCUT2D eigenvalue weighted by atomic mass is 32.2. The van der Waals surface area contributed by atoms with Crippen LogP contribution in [0.2, 0.25) is 0 Å². The summed E-state index contributed by atoms with van der Waals surface area (Å²) in [5.74, 6) is 0.297. The van der Waals surface area contributed by atoms with E-state index in [0.29, 0.717) is 6.42 Å². The fraction of sp³-hybridized carbons (Fsp3) is 0.545. The van der Waals surface area contributed by atoms with Gasteiger partial charge in [0.05, 0.1) is 12.4 Å². The van der Waals surface area contributed by atoms with E-state index in [4.69, 9.17) is 14.3 Å². The van der Waals surface area contributed by atoms with Crippen LogP contribution in [0.1, 0.15) is 19.1 Å². The number of hydrogen-bond donors (Lipinski definition) is 1. The Kier molecular flexibility index (Phi) is 5.36. The predicted octanol–water partition coefficient (Wildman–Crippen LogP) is 0.336. The van der Waals surface area contributed by atoms with Crippen molar-refractivity contribution in [3.05, 3.63) is 28.3 Å². The Labute approximate surface area is 105 Å². The Hall–Kier alpha value is -1.34. The zero-order valence-electron chi connectivity index (χ0n) is 10.1. The van der Waals surface area contributed by atoms with Crippen molar-refractivity contribution < 1.29 is 22.7 Å². The lowest BCUT2D eigenvalue weighted by atomic mass is 10.4. The highest BCUT2D eigenvalue weighted by molar-refractivity contribution is 7.91. The van der Waals surface area contributed by atoms with Gasteiger partial charge in [-0.15, -0.1) is 0 Å². The van der Waals surface area contributed by atoms with E-state index in [1.54, 1.807) is 6.92 Å². The molecule has 0 unspecified atom stereocenters. The predicted molar refractivity (Wildman–Crippen MR) is 65.3 cm³/mol. The fourth-order valence-corrected chi connectivity index (χ4v) is 2.08. The van der Waals surface area contributed by atoms with Gasteiger partial charge < -0.3 is 14.3 Å². The molecule has 0 aromatic carbocycles. The van der Waals surface area contributed by atoms with Crippen molar-refractivity contribution in [3.8, 4) is 5.75 Å². The molecule has 0 saturated carbocycles. The van der Waals surface area contributed by atoms with Crippen molar-refractivity contribution >= 4 is 9.84 Å². The van der Waals surface area contributed by atoms with Crippen LogP contribution >= 0.6 is 0 Å². The highest BCUT2D eigenvalue weighted by Crippen LogP contribution is 2.06. The molecule has 0 bridgehead atoms. The molecule has 1 aromatic heterocycles. The molecule has 0 radical (unpaired) electrons. The summed E-state index contributed by atoms with van der Waals surface area (Å²) in [4.78, 5) is 11.4. The summed E-state index contributed by atoms with van der Waals surface area (Å²) >= 11 is 0. The quantitative estimate of drug-likeness (QED) is 0.721. The van der Waals surface area contributed by atoms with Crippen LogP contribution in [0, 0.1) is 0 Å². The summed E-state index contributed by atoms with van der Waals surface area (Å²) in [6.45, 7) is 1.35. The van der Waals surface area contributed by atoms with E-state index in [0.717, 1.165) is 12.3 Å². The molecule has 1 N–H and O–H groups in total. The minimum atomic E-state index is -3.01. The van der Waals surface area contributed by atoms with Gasteiger partial charge in [-0.05, 0) is 6.42 Å². The minimum Gasteiger partial charge on any atom is -0.487 e. The van der Waals surface area contributed by atoms with Gasteiger partial charge in [0, 0.05) is 11.8 Å². The summed E-state index contributed by atoms with van der Waals surface area (Å²) in [6, 6.07) is 1.14. The van der Waals surface area contributed by atoms with Crippen molar-refractivity contribution in [2.75, 3.05) is 18.1 Å². The average Bonchev–Trinajstić information content (AvgIpc) is 2.36. The molecule has 0 atom stereocenters. The molecule has 102 valence electrons. The summed E-state index contributed by atoms with van der Waals surface area (Å²) < 4.78 is 32.4. The average molecular weight is 276 g/mol. The molecule has 7 heteroatoms. The maximum absolute atomic E-state index is 11.4. The van der Waals surface area contributed by atoms with Gasteiger partial charge in [0.15, 0.2) is 0 Å². The number of aliphatic hydroxyl groups excluding tert-OH is 1. The number of aliphatic hydroxyl groups is 1. The summed E-state index contributed by atoms with van der Waals surface area (Å²) in [5, 5.41) is 8.74. The van der Waals surface area contributed by atoms with Gasteiger partial charge in [0.25, 0.3) is 0 Å². The van der Waals surface area contributed by atoms with E-state index >= 15 is 0 Å². The van der Waals surface area contributed by atoms with Crippen molar-refractivity contribution in [1.29, 1.82) is 0 Å². The lowest BCUT2D eigenvalue weighted by Crippen LogP contribution is -2.14. The molecule has 1 rings (SSSR count). The van der Waals surface area contributed by atoms with Gasteiger partial charge in [-0.1, -0.05) is 6.92 Å². The monoisotopic (exact) mass is 276 g/mol. The number of hydrogen-bond acceptors (Lipinski definition) is 6. The minimum absolute atomic E-state index is 0.0149. The third-order valence-corrected chi connectivity index (χ3v) is 4.10. The first kappa shape index (κ1) is 14.7. The Morgan fingerprint density at radius 2 is 2.17 bits per heavy atom. The number of rotatable bonds is 7. The fourth-order valence-electron chi connectivity index (χ4n) is 1.23. The normalized spacial score (nSPS) is 11.4. The molecule has 0 aliphatic heterocycles. The topological polar surface area (TPSA) is 93.8 Å². The van der Waals surface area contributed by atoms with Gasteiger partial charge in [-0.3, -0.25) is 4.79 Å². The van der Waals surface area contributed by atoms with Crippen LogP contribution in [-0.4, -0.2) is 31.6 Å². The third kappa shape index (κ3) is 4.50. The first-order valence-corrected chi connectivity index (χ1v) is 7.36. The largest absolute Gasteiger partial charge is 0.487 e. The lowest BCUT2D eigenvalue weighted by molar-refractivity contribution is 0.237. The van der Waals surface area contributed by atoms with Crippen molar-refractivity contribution in [2.45, 2.75) is 20.0 Å². The van der Waals surface area contributed by atoms with E-state index in [2.05, 4.69) is 0 Å². The van der Waals surface area contributed by atoms with Crippen LogP contribution in [0.4, 0.5) is 0 Å². The second-order valence-corrected chi connectivity index (χ2v) is 6.14. The van der Waals surface area contributed by atoms with Gasteiger partial charge >= 0.3 is 0 Å². The maximum Gasteiger partial charge on any atom is 0.227 e. The molecule has 0 amide bonds. The first-order chi connectivity index (χ1) is 8.48. The summed E-state index contributed by atoms with van der Waals surface area (Å²) in [5.41, 5.74) is -0.399. The molecule has 18 heavy (non-hydrogen) atoms. The van der Waals surface area contributed by atoms with Crippen LogP contribution in [-0.2, 0) is 16.4 Å². The summed E-state index contributed by atoms with van der Waals surface area (Å²) in [6.07, 6.45) is 1.43. The standard InChI is InChI=1S/C11H16O6S/c1-2-18(14,15)5-3-4-16-11-8-17-9(7-12)6-10(11)13/h6,8,12H,2-5,7H2,1H3. The van der Waals surface area contributed by atoms with Crippen molar-refractivity contribution in [3.63, 3.8) is 0 Å².